The molecule has 4 rings (SSSR count). The van der Waals surface area contributed by atoms with Gasteiger partial charge >= 0.3 is 0 Å². The number of amides is 2. The van der Waals surface area contributed by atoms with E-state index in [1.54, 1.807) is 4.90 Å². The van der Waals surface area contributed by atoms with Crippen molar-refractivity contribution < 1.29 is 13.8 Å². The lowest BCUT2D eigenvalue weighted by Crippen LogP contribution is -2.40. The Hall–Kier alpha value is -2.47. The van der Waals surface area contributed by atoms with Crippen molar-refractivity contribution in [2.75, 3.05) is 16.8 Å². The molecule has 1 fully saturated rings. The van der Waals surface area contributed by atoms with Crippen molar-refractivity contribution in [2.24, 2.45) is 0 Å². The minimum atomic E-state index is -0.879. The number of benzene rings is 2. The van der Waals surface area contributed by atoms with Crippen molar-refractivity contribution in [2.45, 2.75) is 55.9 Å². The van der Waals surface area contributed by atoms with Crippen molar-refractivity contribution >= 4 is 34.0 Å². The maximum Gasteiger partial charge on any atom is 0.244 e. The molecule has 0 bridgehead atoms. The zero-order valence-corrected chi connectivity index (χ0v) is 18.0. The summed E-state index contributed by atoms with van der Waals surface area (Å²) in [7, 11) is -0.879. The van der Waals surface area contributed by atoms with Gasteiger partial charge < -0.3 is 10.2 Å². The van der Waals surface area contributed by atoms with Gasteiger partial charge in [0.1, 0.15) is 6.54 Å². The van der Waals surface area contributed by atoms with Gasteiger partial charge in [0.2, 0.25) is 11.8 Å². The summed E-state index contributed by atoms with van der Waals surface area (Å²) in [5.74, 6) is 0.262. The highest BCUT2D eigenvalue weighted by molar-refractivity contribution is 7.84. The second kappa shape index (κ2) is 9.56. The molecule has 1 atom stereocenters. The Morgan fingerprint density at radius 2 is 1.83 bits per heavy atom. The molecule has 1 N–H and O–H groups in total. The molecule has 1 heterocycles. The maximum atomic E-state index is 12.7. The molecule has 30 heavy (non-hydrogen) atoms. The van der Waals surface area contributed by atoms with E-state index in [9.17, 15) is 13.8 Å². The summed E-state index contributed by atoms with van der Waals surface area (Å²) in [5, 5.41) is 3.20. The van der Waals surface area contributed by atoms with Gasteiger partial charge in [-0.15, -0.1) is 0 Å². The number of aryl methyl sites for hydroxylation is 1. The number of rotatable bonds is 6. The van der Waals surface area contributed by atoms with Crippen molar-refractivity contribution in [1.82, 2.24) is 0 Å². The molecule has 2 aliphatic rings. The van der Waals surface area contributed by atoms with Crippen LogP contribution in [0.4, 0.5) is 11.4 Å². The largest absolute Gasteiger partial charge is 0.325 e. The van der Waals surface area contributed by atoms with Crippen LogP contribution in [0.1, 0.15) is 49.7 Å². The van der Waals surface area contributed by atoms with E-state index < -0.39 is 10.8 Å². The summed E-state index contributed by atoms with van der Waals surface area (Å²) in [6.45, 7) is -0.00587. The van der Waals surface area contributed by atoms with Gasteiger partial charge in [0.25, 0.3) is 0 Å². The number of hydrogen-bond donors (Lipinski definition) is 1. The van der Waals surface area contributed by atoms with Crippen LogP contribution in [0.3, 0.4) is 0 Å². The smallest absolute Gasteiger partial charge is 0.244 e. The summed E-state index contributed by atoms with van der Waals surface area (Å²) < 4.78 is 12.7. The molecule has 2 aromatic carbocycles. The molecule has 0 spiro atoms. The predicted octanol–water partition coefficient (Wildman–Crippen LogP) is 4.19. The predicted molar refractivity (Wildman–Crippen MR) is 121 cm³/mol. The first kappa shape index (κ1) is 20.8. The third-order valence-electron chi connectivity index (χ3n) is 5.94. The molecule has 0 saturated heterocycles. The van der Waals surface area contributed by atoms with E-state index in [2.05, 4.69) is 5.32 Å². The number of carbonyl (C=O) groups is 2. The molecule has 1 unspecified atom stereocenters. The standard InChI is InChI=1S/C24H28N2O3S/c27-23(16-26-22-12-5-4-8-19(22)13-14-24(26)28)25-20-9-6-7-18(15-20)17-30(29)21-10-2-1-3-11-21/h4-9,12,15,21H,1-3,10-11,13-14,16-17H2,(H,25,27). The van der Waals surface area contributed by atoms with E-state index in [1.807, 2.05) is 48.5 Å². The van der Waals surface area contributed by atoms with Crippen molar-refractivity contribution in [3.05, 3.63) is 59.7 Å². The minimum absolute atomic E-state index is 0.00587. The molecule has 6 heteroatoms. The highest BCUT2D eigenvalue weighted by Crippen LogP contribution is 2.27. The fourth-order valence-corrected chi connectivity index (χ4v) is 5.97. The van der Waals surface area contributed by atoms with Crippen LogP contribution >= 0.6 is 0 Å². The Bertz CT molecular complexity index is 953. The average Bonchev–Trinajstić information content (AvgIpc) is 2.76. The van der Waals surface area contributed by atoms with Crippen molar-refractivity contribution in [1.29, 1.82) is 0 Å². The van der Waals surface area contributed by atoms with Crippen LogP contribution in [0, 0.1) is 0 Å². The summed E-state index contributed by atoms with van der Waals surface area (Å²) >= 11 is 0. The van der Waals surface area contributed by atoms with E-state index in [0.29, 0.717) is 29.5 Å². The number of fused-ring (bicyclic) bond motifs is 1. The second-order valence-corrected chi connectivity index (χ2v) is 9.86. The third kappa shape index (κ3) is 4.98. The minimum Gasteiger partial charge on any atom is -0.325 e. The zero-order chi connectivity index (χ0) is 20.9. The van der Waals surface area contributed by atoms with E-state index >= 15 is 0 Å². The van der Waals surface area contributed by atoms with Crippen LogP contribution in [0.25, 0.3) is 0 Å². The highest BCUT2D eigenvalue weighted by atomic mass is 32.2. The fourth-order valence-electron chi connectivity index (χ4n) is 4.36. The monoisotopic (exact) mass is 424 g/mol. The van der Waals surface area contributed by atoms with Gasteiger partial charge in [-0.25, -0.2) is 0 Å². The summed E-state index contributed by atoms with van der Waals surface area (Å²) in [5.41, 5.74) is 3.56. The Morgan fingerprint density at radius 1 is 1.03 bits per heavy atom. The lowest BCUT2D eigenvalue weighted by atomic mass is 10.0. The summed E-state index contributed by atoms with van der Waals surface area (Å²) in [6.07, 6.45) is 6.83. The lowest BCUT2D eigenvalue weighted by Gasteiger charge is -2.28. The zero-order valence-electron chi connectivity index (χ0n) is 17.1. The quantitative estimate of drug-likeness (QED) is 0.756. The number of hydrogen-bond acceptors (Lipinski definition) is 3. The van der Waals surface area contributed by atoms with Gasteiger partial charge in [0.15, 0.2) is 0 Å². The van der Waals surface area contributed by atoms with E-state index in [-0.39, 0.29) is 18.4 Å². The van der Waals surface area contributed by atoms with Gasteiger partial charge in [0.05, 0.1) is 0 Å². The Kier molecular flexibility index (Phi) is 6.62. The summed E-state index contributed by atoms with van der Waals surface area (Å²) in [4.78, 5) is 26.6. The SMILES string of the molecule is O=C(CN1C(=O)CCc2ccccc21)Nc1cccc(CS(=O)C2CCCCC2)c1. The van der Waals surface area contributed by atoms with Crippen LogP contribution in [0.15, 0.2) is 48.5 Å². The first-order chi connectivity index (χ1) is 14.6. The molecular formula is C24H28N2O3S. The van der Waals surface area contributed by atoms with E-state index in [1.165, 1.54) is 19.3 Å². The first-order valence-electron chi connectivity index (χ1n) is 10.7. The fraction of sp³-hybridized carbons (Fsp3) is 0.417. The average molecular weight is 425 g/mol. The molecule has 0 aromatic heterocycles. The molecule has 1 aliphatic heterocycles. The van der Waals surface area contributed by atoms with Gasteiger partial charge in [0, 0.05) is 39.6 Å². The van der Waals surface area contributed by atoms with Crippen LogP contribution < -0.4 is 10.2 Å². The van der Waals surface area contributed by atoms with Crippen LogP contribution in [-0.4, -0.2) is 27.8 Å². The second-order valence-electron chi connectivity index (χ2n) is 8.14. The lowest BCUT2D eigenvalue weighted by molar-refractivity contribution is -0.121. The van der Waals surface area contributed by atoms with Crippen LogP contribution in [0.5, 0.6) is 0 Å². The first-order valence-corrected chi connectivity index (χ1v) is 12.1. The van der Waals surface area contributed by atoms with Crippen LogP contribution in [-0.2, 0) is 32.6 Å². The van der Waals surface area contributed by atoms with Gasteiger partial charge in [-0.3, -0.25) is 13.8 Å². The highest BCUT2D eigenvalue weighted by Gasteiger charge is 2.25. The van der Waals surface area contributed by atoms with E-state index in [4.69, 9.17) is 0 Å². The number of nitrogens with one attached hydrogen (secondary N) is 1. The summed E-state index contributed by atoms with van der Waals surface area (Å²) in [6, 6.07) is 15.3. The molecule has 2 aromatic rings. The number of carbonyl (C=O) groups excluding carboxylic acids is 2. The normalized spacial score (nSPS) is 18.0. The number of nitrogens with zero attached hydrogens (tertiary/aromatic N) is 1. The van der Waals surface area contributed by atoms with E-state index in [0.717, 1.165) is 29.7 Å². The Balaban J connectivity index is 1.39. The van der Waals surface area contributed by atoms with Crippen molar-refractivity contribution in [3.8, 4) is 0 Å². The Morgan fingerprint density at radius 3 is 2.67 bits per heavy atom. The van der Waals surface area contributed by atoms with Gasteiger partial charge in [-0.05, 0) is 48.6 Å². The van der Waals surface area contributed by atoms with Crippen LogP contribution in [0.2, 0.25) is 0 Å². The molecule has 2 amide bonds. The third-order valence-corrected chi connectivity index (χ3v) is 7.77. The molecule has 1 saturated carbocycles. The number of anilines is 2. The Labute approximate surface area is 180 Å². The maximum absolute atomic E-state index is 12.7. The van der Waals surface area contributed by atoms with Gasteiger partial charge in [-0.2, -0.15) is 0 Å². The molecular weight excluding hydrogens is 396 g/mol. The topological polar surface area (TPSA) is 66.5 Å². The molecule has 1 aliphatic carbocycles. The number of para-hydroxylation sites is 1. The molecule has 158 valence electrons. The molecule has 5 nitrogen and oxygen atoms in total. The van der Waals surface area contributed by atoms with Gasteiger partial charge in [-0.1, -0.05) is 49.6 Å². The molecule has 0 radical (unpaired) electrons. The van der Waals surface area contributed by atoms with Crippen molar-refractivity contribution in [3.63, 3.8) is 0 Å².